The monoisotopic (exact) mass is 1140 g/mol. The zero-order valence-electron chi connectivity index (χ0n) is 19.2. The summed E-state index contributed by atoms with van der Waals surface area (Å²) in [6, 6.07) is 17.8. The fourth-order valence-corrected chi connectivity index (χ4v) is 19.9. The SMILES string of the molecule is Cc1ccc(S(=O)(=O)OS(c2c(Br)cc(Br)cc2Br)(c2c(Br)cc(Br)cc2Br)c2c(Br)cc(Br)cc2Br)cc1. The fourth-order valence-electron chi connectivity index (χ4n) is 3.70. The highest BCUT2D eigenvalue weighted by Gasteiger charge is 2.46. The van der Waals surface area contributed by atoms with Gasteiger partial charge in [-0.15, -0.1) is 0 Å². The molecule has 4 rings (SSSR count). The van der Waals surface area contributed by atoms with Crippen LogP contribution >= 0.6 is 154 Å². The first-order valence-electron chi connectivity index (χ1n) is 10.5. The van der Waals surface area contributed by atoms with Gasteiger partial charge < -0.3 is 0 Å². The molecule has 0 atom stereocenters. The molecule has 0 aliphatic rings. The maximum Gasteiger partial charge on any atom is 0.307 e. The molecule has 0 aromatic heterocycles. The molecule has 4 aromatic carbocycles. The average Bonchev–Trinajstić information content (AvgIpc) is 2.76. The van der Waals surface area contributed by atoms with E-state index in [9.17, 15) is 8.42 Å². The summed E-state index contributed by atoms with van der Waals surface area (Å²) in [5.41, 5.74) is 0.933. The molecule has 0 saturated heterocycles. The van der Waals surface area contributed by atoms with Crippen LogP contribution in [0.4, 0.5) is 0 Å². The quantitative estimate of drug-likeness (QED) is 0.193. The Morgan fingerprint density at radius 3 is 1.08 bits per heavy atom. The second-order valence-corrected chi connectivity index (χ2v) is 20.1. The van der Waals surface area contributed by atoms with Crippen molar-refractivity contribution in [2.75, 3.05) is 0 Å². The van der Waals surface area contributed by atoms with Crippen LogP contribution in [-0.4, -0.2) is 8.42 Å². The number of rotatable bonds is 6. The van der Waals surface area contributed by atoms with Gasteiger partial charge in [0, 0.05) is 40.3 Å². The van der Waals surface area contributed by atoms with Crippen molar-refractivity contribution in [2.45, 2.75) is 26.5 Å². The van der Waals surface area contributed by atoms with Crippen molar-refractivity contribution in [2.24, 2.45) is 0 Å². The van der Waals surface area contributed by atoms with Gasteiger partial charge in [-0.3, -0.25) is 0 Å². The predicted octanol–water partition coefficient (Wildman–Crippen LogP) is 13.5. The molecule has 0 saturated carbocycles. The van der Waals surface area contributed by atoms with Crippen molar-refractivity contribution in [3.05, 3.63) is 106 Å². The minimum absolute atomic E-state index is 0.0445. The topological polar surface area (TPSA) is 43.4 Å². The van der Waals surface area contributed by atoms with Crippen LogP contribution in [0.15, 0.2) is 121 Å². The minimum Gasteiger partial charge on any atom is -0.203 e. The third kappa shape index (κ3) is 6.92. The van der Waals surface area contributed by atoms with Crippen molar-refractivity contribution in [3.8, 4) is 0 Å². The summed E-state index contributed by atoms with van der Waals surface area (Å²) < 4.78 is 41.3. The molecule has 206 valence electrons. The fraction of sp³-hybridized carbons (Fsp3) is 0.0400. The van der Waals surface area contributed by atoms with E-state index in [1.54, 1.807) is 24.3 Å². The molecule has 39 heavy (non-hydrogen) atoms. The molecule has 3 nitrogen and oxygen atoms in total. The summed E-state index contributed by atoms with van der Waals surface area (Å²) >= 11 is 33.1. The summed E-state index contributed by atoms with van der Waals surface area (Å²) in [5, 5.41) is 0. The van der Waals surface area contributed by atoms with E-state index >= 15 is 0 Å². The van der Waals surface area contributed by atoms with Gasteiger partial charge >= 0.3 is 10.1 Å². The van der Waals surface area contributed by atoms with E-state index in [-0.39, 0.29) is 4.90 Å². The van der Waals surface area contributed by atoms with Gasteiger partial charge in [-0.1, -0.05) is 65.5 Å². The maximum atomic E-state index is 14.2. The Morgan fingerprint density at radius 1 is 0.513 bits per heavy atom. The largest absolute Gasteiger partial charge is 0.307 e. The summed E-state index contributed by atoms with van der Waals surface area (Å²) in [5.74, 6) is 0. The Hall–Kier alpha value is 1.46. The van der Waals surface area contributed by atoms with Crippen molar-refractivity contribution in [1.29, 1.82) is 0 Å². The van der Waals surface area contributed by atoms with Crippen LogP contribution in [0.2, 0.25) is 0 Å². The lowest BCUT2D eigenvalue weighted by Crippen LogP contribution is -2.17. The van der Waals surface area contributed by atoms with Crippen LogP contribution < -0.4 is 0 Å². The third-order valence-electron chi connectivity index (χ3n) is 5.25. The lowest BCUT2D eigenvalue weighted by molar-refractivity contribution is 0.507. The van der Waals surface area contributed by atoms with Gasteiger partial charge in [-0.25, -0.2) is 3.63 Å². The number of hydrogen-bond acceptors (Lipinski definition) is 3. The minimum atomic E-state index is -4.33. The number of benzene rings is 4. The molecule has 0 heterocycles. The number of aryl methyl sites for hydroxylation is 1. The van der Waals surface area contributed by atoms with Crippen molar-refractivity contribution >= 4 is 164 Å². The van der Waals surface area contributed by atoms with E-state index in [1.165, 1.54) is 0 Å². The van der Waals surface area contributed by atoms with Gasteiger partial charge in [0.1, 0.15) is 0 Å². The molecule has 0 amide bonds. The molecular formula is C25H13Br9O3S2. The van der Waals surface area contributed by atoms with Crippen molar-refractivity contribution in [1.82, 2.24) is 0 Å². The molecule has 0 N–H and O–H groups in total. The molecule has 0 spiro atoms. The van der Waals surface area contributed by atoms with Gasteiger partial charge in [-0.2, -0.15) is 8.42 Å². The van der Waals surface area contributed by atoms with Crippen LogP contribution in [0.3, 0.4) is 0 Å². The Morgan fingerprint density at radius 2 is 0.795 bits per heavy atom. The lowest BCUT2D eigenvalue weighted by atomic mass is 10.2. The summed E-state index contributed by atoms with van der Waals surface area (Å²) in [6.07, 6.45) is 0. The van der Waals surface area contributed by atoms with E-state index in [2.05, 4.69) is 143 Å². The van der Waals surface area contributed by atoms with E-state index in [4.69, 9.17) is 3.63 Å². The standard InChI is InChI=1S/C25H13Br9O3S2/c1-12-2-4-16(5-3-12)39(35,36)37-38(23-17(29)6-13(26)7-18(23)30,24-19(31)8-14(27)9-20(24)32)25-21(33)10-15(28)11-22(25)34/h2-11H,1H3. The average molecular weight is 1140 g/mol. The Balaban J connectivity index is 2.28. The van der Waals surface area contributed by atoms with Crippen LogP contribution in [0.25, 0.3) is 0 Å². The molecule has 0 bridgehead atoms. The number of hydrogen-bond donors (Lipinski definition) is 0. The highest BCUT2D eigenvalue weighted by atomic mass is 79.9. The molecule has 4 aromatic rings. The van der Waals surface area contributed by atoms with Crippen LogP contribution in [-0.2, 0) is 13.7 Å². The maximum absolute atomic E-state index is 14.2. The second kappa shape index (κ2) is 13.2. The van der Waals surface area contributed by atoms with Crippen LogP contribution in [0.5, 0.6) is 0 Å². The summed E-state index contributed by atoms with van der Waals surface area (Å²) in [7, 11) is -7.45. The highest BCUT2D eigenvalue weighted by molar-refractivity contribution is 9.12. The Bertz CT molecular complexity index is 1500. The first-order valence-corrected chi connectivity index (χ1v) is 20.6. The predicted molar refractivity (Wildman–Crippen MR) is 190 cm³/mol. The third-order valence-corrected chi connectivity index (χ3v) is 17.4. The number of halogens is 9. The van der Waals surface area contributed by atoms with Gasteiger partial charge in [0.05, 0.1) is 19.6 Å². The zero-order valence-corrected chi connectivity index (χ0v) is 35.1. The Kier molecular flexibility index (Phi) is 11.3. The Labute approximate surface area is 304 Å². The van der Waals surface area contributed by atoms with Crippen LogP contribution in [0.1, 0.15) is 5.56 Å². The first kappa shape index (κ1) is 33.4. The second-order valence-electron chi connectivity index (χ2n) is 7.99. The van der Waals surface area contributed by atoms with E-state index < -0.39 is 20.4 Å². The summed E-state index contributed by atoms with van der Waals surface area (Å²) in [4.78, 5) is 1.86. The zero-order chi connectivity index (χ0) is 28.9. The van der Waals surface area contributed by atoms with Crippen molar-refractivity contribution < 1.29 is 12.0 Å². The smallest absolute Gasteiger partial charge is 0.203 e. The molecule has 0 fully saturated rings. The van der Waals surface area contributed by atoms with Crippen molar-refractivity contribution in [3.63, 3.8) is 0 Å². The molecular weight excluding hydrogens is 1130 g/mol. The van der Waals surface area contributed by atoms with Gasteiger partial charge in [0.2, 0.25) is 0 Å². The summed E-state index contributed by atoms with van der Waals surface area (Å²) in [6.45, 7) is 1.90. The lowest BCUT2D eigenvalue weighted by Gasteiger charge is -2.42. The molecule has 0 radical (unpaired) electrons. The highest BCUT2D eigenvalue weighted by Crippen LogP contribution is 2.78. The van der Waals surface area contributed by atoms with E-state index in [0.29, 0.717) is 41.5 Å². The van der Waals surface area contributed by atoms with E-state index in [0.717, 1.165) is 19.0 Å². The molecule has 0 aliphatic carbocycles. The molecule has 0 aliphatic heterocycles. The van der Waals surface area contributed by atoms with Crippen LogP contribution in [0, 0.1) is 6.92 Å². The van der Waals surface area contributed by atoms with Gasteiger partial charge in [0.15, 0.2) is 0 Å². The molecule has 14 heteroatoms. The van der Waals surface area contributed by atoms with Gasteiger partial charge in [0.25, 0.3) is 0 Å². The van der Waals surface area contributed by atoms with Gasteiger partial charge in [-0.05, 0) is 161 Å². The molecule has 0 unspecified atom stereocenters. The van der Waals surface area contributed by atoms with E-state index in [1.807, 2.05) is 43.3 Å². The first-order chi connectivity index (χ1) is 18.2. The normalized spacial score (nSPS) is 12.6.